The van der Waals surface area contributed by atoms with Crippen LogP contribution in [0.2, 0.25) is 0 Å². The standard InChI is InChI=1S/C17H32N4O/c1-18-16(20-14-11-13-7-8-15(14)22-13)19-12-17(21(2)3)9-5-4-6-10-17/h13-15H,4-12H2,1-3H3,(H2,18,19,20). The predicted octanol–water partition coefficient (Wildman–Crippen LogP) is 1.74. The Kier molecular flexibility index (Phi) is 4.93. The van der Waals surface area contributed by atoms with Crippen molar-refractivity contribution >= 4 is 5.96 Å². The number of nitrogens with zero attached hydrogens (tertiary/aromatic N) is 2. The highest BCUT2D eigenvalue weighted by atomic mass is 16.5. The molecule has 2 N–H and O–H groups in total. The zero-order valence-electron chi connectivity index (χ0n) is 14.4. The minimum Gasteiger partial charge on any atom is -0.373 e. The molecule has 0 aromatic carbocycles. The van der Waals surface area contributed by atoms with Crippen LogP contribution in [-0.4, -0.2) is 62.3 Å². The van der Waals surface area contributed by atoms with Gasteiger partial charge in [0.05, 0.1) is 18.2 Å². The van der Waals surface area contributed by atoms with Crippen LogP contribution in [-0.2, 0) is 4.74 Å². The number of rotatable bonds is 4. The van der Waals surface area contributed by atoms with Crippen molar-refractivity contribution in [2.45, 2.75) is 75.2 Å². The van der Waals surface area contributed by atoms with Crippen LogP contribution in [0.5, 0.6) is 0 Å². The van der Waals surface area contributed by atoms with E-state index in [1.165, 1.54) is 44.9 Å². The summed E-state index contributed by atoms with van der Waals surface area (Å²) in [6, 6.07) is 0.437. The van der Waals surface area contributed by atoms with Crippen LogP contribution in [0.15, 0.2) is 4.99 Å². The van der Waals surface area contributed by atoms with E-state index >= 15 is 0 Å². The summed E-state index contributed by atoms with van der Waals surface area (Å²) in [6.45, 7) is 0.974. The summed E-state index contributed by atoms with van der Waals surface area (Å²) in [5.41, 5.74) is 0.279. The van der Waals surface area contributed by atoms with Crippen molar-refractivity contribution in [1.29, 1.82) is 0 Å². The van der Waals surface area contributed by atoms with Gasteiger partial charge in [-0.2, -0.15) is 0 Å². The molecule has 0 amide bonds. The minimum absolute atomic E-state index is 0.279. The first-order valence-corrected chi connectivity index (χ1v) is 8.93. The lowest BCUT2D eigenvalue weighted by Crippen LogP contribution is -2.56. The average molecular weight is 308 g/mol. The second kappa shape index (κ2) is 6.75. The third kappa shape index (κ3) is 3.25. The second-order valence-electron chi connectivity index (χ2n) is 7.47. The van der Waals surface area contributed by atoms with E-state index in [1.54, 1.807) is 0 Å². The summed E-state index contributed by atoms with van der Waals surface area (Å²) in [4.78, 5) is 6.84. The molecule has 0 aromatic rings. The van der Waals surface area contributed by atoms with E-state index in [0.717, 1.165) is 18.9 Å². The van der Waals surface area contributed by atoms with Gasteiger partial charge < -0.3 is 20.3 Å². The maximum Gasteiger partial charge on any atom is 0.191 e. The molecule has 22 heavy (non-hydrogen) atoms. The van der Waals surface area contributed by atoms with Gasteiger partial charge in [0.25, 0.3) is 0 Å². The molecule has 0 radical (unpaired) electrons. The number of ether oxygens (including phenoxy) is 1. The van der Waals surface area contributed by atoms with Crippen molar-refractivity contribution in [2.75, 3.05) is 27.7 Å². The average Bonchev–Trinajstić information content (AvgIpc) is 3.14. The van der Waals surface area contributed by atoms with Crippen LogP contribution in [0.4, 0.5) is 0 Å². The summed E-state index contributed by atoms with van der Waals surface area (Å²) >= 11 is 0. The summed E-state index contributed by atoms with van der Waals surface area (Å²) in [7, 11) is 6.30. The molecule has 1 aliphatic carbocycles. The van der Waals surface area contributed by atoms with Crippen molar-refractivity contribution in [2.24, 2.45) is 4.99 Å². The topological polar surface area (TPSA) is 48.9 Å². The Balaban J connectivity index is 1.54. The summed E-state index contributed by atoms with van der Waals surface area (Å²) in [6.07, 6.45) is 11.0. The van der Waals surface area contributed by atoms with Crippen LogP contribution in [0.25, 0.3) is 0 Å². The van der Waals surface area contributed by atoms with Gasteiger partial charge in [-0.25, -0.2) is 0 Å². The molecule has 2 bridgehead atoms. The molecule has 3 atom stereocenters. The lowest BCUT2D eigenvalue weighted by Gasteiger charge is -2.43. The highest BCUT2D eigenvalue weighted by molar-refractivity contribution is 5.80. The largest absolute Gasteiger partial charge is 0.373 e. The maximum atomic E-state index is 5.93. The summed E-state index contributed by atoms with van der Waals surface area (Å²) < 4.78 is 5.93. The first-order chi connectivity index (χ1) is 10.6. The van der Waals surface area contributed by atoms with Crippen molar-refractivity contribution in [3.63, 3.8) is 0 Å². The molecule has 126 valence electrons. The van der Waals surface area contributed by atoms with Crippen LogP contribution in [0.1, 0.15) is 51.4 Å². The Labute approximate surface area is 134 Å². The Hall–Kier alpha value is -0.810. The molecule has 2 saturated heterocycles. The van der Waals surface area contributed by atoms with E-state index in [0.29, 0.717) is 18.2 Å². The van der Waals surface area contributed by atoms with E-state index in [9.17, 15) is 0 Å². The number of hydrogen-bond donors (Lipinski definition) is 2. The normalized spacial score (nSPS) is 34.2. The van der Waals surface area contributed by atoms with Gasteiger partial charge in [-0.15, -0.1) is 0 Å². The first-order valence-electron chi connectivity index (χ1n) is 8.93. The molecule has 5 nitrogen and oxygen atoms in total. The van der Waals surface area contributed by atoms with Crippen molar-refractivity contribution in [1.82, 2.24) is 15.5 Å². The zero-order valence-corrected chi connectivity index (χ0v) is 14.4. The molecule has 2 heterocycles. The molecule has 2 aliphatic heterocycles. The number of nitrogens with one attached hydrogen (secondary N) is 2. The lowest BCUT2D eigenvalue weighted by molar-refractivity contribution is 0.0982. The minimum atomic E-state index is 0.279. The third-order valence-corrected chi connectivity index (χ3v) is 5.97. The lowest BCUT2D eigenvalue weighted by atomic mass is 9.80. The highest BCUT2D eigenvalue weighted by Gasteiger charge is 2.41. The summed E-state index contributed by atoms with van der Waals surface area (Å²) in [5, 5.41) is 7.18. The number of aliphatic imine (C=N–C) groups is 1. The van der Waals surface area contributed by atoms with Crippen LogP contribution >= 0.6 is 0 Å². The van der Waals surface area contributed by atoms with Gasteiger partial charge in [-0.1, -0.05) is 19.3 Å². The fraction of sp³-hybridized carbons (Fsp3) is 0.941. The third-order valence-electron chi connectivity index (χ3n) is 5.97. The molecule has 5 heteroatoms. The van der Waals surface area contributed by atoms with Gasteiger partial charge in [0.15, 0.2) is 5.96 Å². The van der Waals surface area contributed by atoms with Gasteiger partial charge in [0.2, 0.25) is 0 Å². The first kappa shape index (κ1) is 16.1. The maximum absolute atomic E-state index is 5.93. The quantitative estimate of drug-likeness (QED) is 0.613. The molecular weight excluding hydrogens is 276 g/mol. The fourth-order valence-corrected chi connectivity index (χ4v) is 4.40. The number of guanidine groups is 1. The molecule has 3 unspecified atom stereocenters. The Bertz CT molecular complexity index is 403. The predicted molar refractivity (Wildman–Crippen MR) is 90.3 cm³/mol. The number of fused-ring (bicyclic) bond motifs is 2. The molecule has 0 spiro atoms. The Morgan fingerprint density at radius 3 is 2.55 bits per heavy atom. The molecule has 3 fully saturated rings. The van der Waals surface area contributed by atoms with Gasteiger partial charge in [-0.3, -0.25) is 4.99 Å². The number of likely N-dealkylation sites (N-methyl/N-ethyl adjacent to an activating group) is 1. The van der Waals surface area contributed by atoms with Crippen molar-refractivity contribution in [3.05, 3.63) is 0 Å². The fourth-order valence-electron chi connectivity index (χ4n) is 4.40. The highest BCUT2D eigenvalue weighted by Crippen LogP contribution is 2.34. The van der Waals surface area contributed by atoms with Crippen LogP contribution < -0.4 is 10.6 Å². The van der Waals surface area contributed by atoms with Gasteiger partial charge in [-0.05, 0) is 46.2 Å². The second-order valence-corrected chi connectivity index (χ2v) is 7.47. The Morgan fingerprint density at radius 1 is 1.23 bits per heavy atom. The monoisotopic (exact) mass is 308 g/mol. The van der Waals surface area contributed by atoms with E-state index in [-0.39, 0.29) is 5.54 Å². The zero-order chi connectivity index (χ0) is 15.6. The molecular formula is C17H32N4O. The molecule has 0 aromatic heterocycles. The molecule has 3 aliphatic rings. The molecule has 1 saturated carbocycles. The Morgan fingerprint density at radius 2 is 2.00 bits per heavy atom. The van der Waals surface area contributed by atoms with Crippen LogP contribution in [0, 0.1) is 0 Å². The van der Waals surface area contributed by atoms with Crippen LogP contribution in [0.3, 0.4) is 0 Å². The smallest absolute Gasteiger partial charge is 0.191 e. The van der Waals surface area contributed by atoms with Gasteiger partial charge in [0, 0.05) is 19.1 Å². The number of hydrogen-bond acceptors (Lipinski definition) is 3. The van der Waals surface area contributed by atoms with E-state index in [4.69, 9.17) is 4.74 Å². The van der Waals surface area contributed by atoms with Crippen molar-refractivity contribution in [3.8, 4) is 0 Å². The van der Waals surface area contributed by atoms with E-state index in [2.05, 4.69) is 34.6 Å². The SMILES string of the molecule is CN=C(NCC1(N(C)C)CCCCC1)NC1CC2CCC1O2. The van der Waals surface area contributed by atoms with Gasteiger partial charge >= 0.3 is 0 Å². The summed E-state index contributed by atoms with van der Waals surface area (Å²) in [5.74, 6) is 0.938. The van der Waals surface area contributed by atoms with E-state index in [1.807, 2.05) is 7.05 Å². The molecule has 3 rings (SSSR count). The van der Waals surface area contributed by atoms with E-state index < -0.39 is 0 Å². The van der Waals surface area contributed by atoms with Gasteiger partial charge in [0.1, 0.15) is 0 Å². The van der Waals surface area contributed by atoms with Crippen molar-refractivity contribution < 1.29 is 4.74 Å².